The molecule has 1 aromatic heterocycles. The van der Waals surface area contributed by atoms with Gasteiger partial charge in [-0.2, -0.15) is 0 Å². The average Bonchev–Trinajstić information content (AvgIpc) is 2.94. The molecule has 0 fully saturated rings. The molecule has 3 aromatic rings. The summed E-state index contributed by atoms with van der Waals surface area (Å²) in [6.45, 7) is 0. The summed E-state index contributed by atoms with van der Waals surface area (Å²) in [5, 5.41) is 9.72. The molecule has 1 heterocycles. The Morgan fingerprint density at radius 3 is 2.52 bits per heavy atom. The van der Waals surface area contributed by atoms with Crippen molar-refractivity contribution in [3.8, 4) is 0 Å². The van der Waals surface area contributed by atoms with E-state index in [1.165, 1.54) is 24.3 Å². The number of hydrogen-bond donors (Lipinski definition) is 3. The van der Waals surface area contributed by atoms with Crippen LogP contribution >= 0.6 is 0 Å². The number of carbonyl (C=O) groups is 1. The van der Waals surface area contributed by atoms with Crippen molar-refractivity contribution >= 4 is 32.6 Å². The number of H-pyrrole nitrogens is 1. The van der Waals surface area contributed by atoms with E-state index in [1.807, 2.05) is 12.1 Å². The minimum absolute atomic E-state index is 0.0817. The molecule has 3 rings (SSSR count). The first-order valence-electron chi connectivity index (χ1n) is 6.85. The first kappa shape index (κ1) is 15.1. The summed E-state index contributed by atoms with van der Waals surface area (Å²) in [4.78, 5) is 13.7. The second-order valence-corrected chi connectivity index (χ2v) is 6.78. The lowest BCUT2D eigenvalue weighted by Crippen LogP contribution is -2.13. The monoisotopic (exact) mass is 330 g/mol. The third-order valence-corrected chi connectivity index (χ3v) is 4.79. The number of rotatable bonds is 5. The van der Waals surface area contributed by atoms with E-state index < -0.39 is 16.0 Å². The number of nitrogens with one attached hydrogen (secondary N) is 2. The third kappa shape index (κ3) is 3.35. The molecule has 0 bridgehead atoms. The van der Waals surface area contributed by atoms with Crippen molar-refractivity contribution in [3.63, 3.8) is 0 Å². The smallest absolute Gasteiger partial charge is 0.307 e. The van der Waals surface area contributed by atoms with Crippen molar-refractivity contribution in [3.05, 3.63) is 60.3 Å². The predicted molar refractivity (Wildman–Crippen MR) is 86.9 cm³/mol. The number of aromatic amines is 1. The summed E-state index contributed by atoms with van der Waals surface area (Å²) >= 11 is 0. The standard InChI is InChI=1S/C16H14N2O4S/c19-16(20)9-11-1-5-14(6-2-11)23(21,22)18-13-4-3-12-7-8-17-15(12)10-13/h1-8,10,17-18H,9H2,(H,19,20). The van der Waals surface area contributed by atoms with Crippen LogP contribution in [0.4, 0.5) is 5.69 Å². The van der Waals surface area contributed by atoms with Crippen molar-refractivity contribution in [2.45, 2.75) is 11.3 Å². The number of aromatic nitrogens is 1. The summed E-state index contributed by atoms with van der Waals surface area (Å²) in [7, 11) is -3.72. The van der Waals surface area contributed by atoms with Crippen LogP contribution in [0.5, 0.6) is 0 Å². The number of benzene rings is 2. The Hall–Kier alpha value is -2.80. The second kappa shape index (κ2) is 5.77. The Labute approximate surface area is 132 Å². The molecule has 0 saturated heterocycles. The van der Waals surface area contributed by atoms with E-state index in [4.69, 9.17) is 5.11 Å². The molecule has 2 aromatic carbocycles. The van der Waals surface area contributed by atoms with Crippen LogP contribution in [0, 0.1) is 0 Å². The van der Waals surface area contributed by atoms with Gasteiger partial charge in [0, 0.05) is 11.7 Å². The fraction of sp³-hybridized carbons (Fsp3) is 0.0625. The van der Waals surface area contributed by atoms with Gasteiger partial charge in [0.05, 0.1) is 17.0 Å². The zero-order valence-corrected chi connectivity index (χ0v) is 12.8. The molecule has 0 aliphatic rings. The van der Waals surface area contributed by atoms with Crippen LogP contribution in [0.1, 0.15) is 5.56 Å². The van der Waals surface area contributed by atoms with Gasteiger partial charge in [-0.3, -0.25) is 9.52 Å². The summed E-state index contributed by atoms with van der Waals surface area (Å²) in [6, 6.07) is 12.9. The Morgan fingerprint density at radius 2 is 1.83 bits per heavy atom. The highest BCUT2D eigenvalue weighted by Crippen LogP contribution is 2.21. The second-order valence-electron chi connectivity index (χ2n) is 5.10. The molecule has 3 N–H and O–H groups in total. The Balaban J connectivity index is 1.84. The predicted octanol–water partition coefficient (Wildman–Crippen LogP) is 2.60. The molecule has 0 amide bonds. The van der Waals surface area contributed by atoms with Crippen LogP contribution in [0.3, 0.4) is 0 Å². The lowest BCUT2D eigenvalue weighted by atomic mass is 10.2. The van der Waals surface area contributed by atoms with Gasteiger partial charge in [-0.1, -0.05) is 18.2 Å². The van der Waals surface area contributed by atoms with E-state index in [0.717, 1.165) is 10.9 Å². The largest absolute Gasteiger partial charge is 0.481 e. The maximum Gasteiger partial charge on any atom is 0.307 e. The molecule has 0 radical (unpaired) electrons. The Bertz CT molecular complexity index is 959. The molecule has 0 aliphatic heterocycles. The minimum Gasteiger partial charge on any atom is -0.481 e. The third-order valence-electron chi connectivity index (χ3n) is 3.40. The van der Waals surface area contributed by atoms with Gasteiger partial charge in [-0.05, 0) is 41.3 Å². The topological polar surface area (TPSA) is 99.3 Å². The molecule has 0 spiro atoms. The molecule has 118 valence electrons. The molecule has 23 heavy (non-hydrogen) atoms. The number of fused-ring (bicyclic) bond motifs is 1. The van der Waals surface area contributed by atoms with Gasteiger partial charge < -0.3 is 10.1 Å². The summed E-state index contributed by atoms with van der Waals surface area (Å²) in [6.07, 6.45) is 1.64. The minimum atomic E-state index is -3.72. The number of aliphatic carboxylic acids is 1. The first-order valence-corrected chi connectivity index (χ1v) is 8.33. The summed E-state index contributed by atoms with van der Waals surface area (Å²) in [5.41, 5.74) is 1.83. The number of hydrogen-bond acceptors (Lipinski definition) is 3. The van der Waals surface area contributed by atoms with Crippen LogP contribution in [0.2, 0.25) is 0 Å². The van der Waals surface area contributed by atoms with Crippen LogP contribution in [0.25, 0.3) is 10.9 Å². The number of sulfonamides is 1. The zero-order chi connectivity index (χ0) is 16.4. The lowest BCUT2D eigenvalue weighted by molar-refractivity contribution is -0.136. The highest BCUT2D eigenvalue weighted by Gasteiger charge is 2.14. The van der Waals surface area contributed by atoms with Gasteiger partial charge >= 0.3 is 5.97 Å². The zero-order valence-electron chi connectivity index (χ0n) is 12.0. The lowest BCUT2D eigenvalue weighted by Gasteiger charge is -2.09. The van der Waals surface area contributed by atoms with E-state index >= 15 is 0 Å². The van der Waals surface area contributed by atoms with Gasteiger partial charge in [0.25, 0.3) is 10.0 Å². The molecular weight excluding hydrogens is 316 g/mol. The molecule has 0 saturated carbocycles. The molecule has 0 aliphatic carbocycles. The van der Waals surface area contributed by atoms with E-state index in [-0.39, 0.29) is 11.3 Å². The van der Waals surface area contributed by atoms with Gasteiger partial charge in [-0.15, -0.1) is 0 Å². The van der Waals surface area contributed by atoms with Crippen LogP contribution in [-0.2, 0) is 21.2 Å². The average molecular weight is 330 g/mol. The molecule has 6 nitrogen and oxygen atoms in total. The highest BCUT2D eigenvalue weighted by atomic mass is 32.2. The van der Waals surface area contributed by atoms with Crippen LogP contribution < -0.4 is 4.72 Å². The molecule has 0 atom stereocenters. The fourth-order valence-corrected chi connectivity index (χ4v) is 3.34. The van der Waals surface area contributed by atoms with Crippen LogP contribution in [-0.4, -0.2) is 24.5 Å². The number of carboxylic acid groups (broad SMARTS) is 1. The van der Waals surface area contributed by atoms with Gasteiger partial charge in [0.1, 0.15) is 0 Å². The summed E-state index contributed by atoms with van der Waals surface area (Å²) < 4.78 is 27.3. The maximum absolute atomic E-state index is 12.4. The SMILES string of the molecule is O=C(O)Cc1ccc(S(=O)(=O)Nc2ccc3cc[nH]c3c2)cc1. The molecule has 0 unspecified atom stereocenters. The van der Waals surface area contributed by atoms with Gasteiger partial charge in [-0.25, -0.2) is 8.42 Å². The number of anilines is 1. The van der Waals surface area contributed by atoms with Gasteiger partial charge in [0.15, 0.2) is 0 Å². The summed E-state index contributed by atoms with van der Waals surface area (Å²) in [5.74, 6) is -0.960. The van der Waals surface area contributed by atoms with Crippen LogP contribution in [0.15, 0.2) is 59.6 Å². The van der Waals surface area contributed by atoms with E-state index in [0.29, 0.717) is 11.3 Å². The van der Waals surface area contributed by atoms with Crippen molar-refractivity contribution in [2.24, 2.45) is 0 Å². The fourth-order valence-electron chi connectivity index (χ4n) is 2.29. The quantitative estimate of drug-likeness (QED) is 0.669. The van der Waals surface area contributed by atoms with E-state index in [1.54, 1.807) is 18.3 Å². The maximum atomic E-state index is 12.4. The first-order chi connectivity index (χ1) is 10.9. The van der Waals surface area contributed by atoms with Crippen molar-refractivity contribution < 1.29 is 18.3 Å². The Morgan fingerprint density at radius 1 is 1.09 bits per heavy atom. The van der Waals surface area contributed by atoms with Crippen molar-refractivity contribution in [1.29, 1.82) is 0 Å². The normalized spacial score (nSPS) is 11.5. The molecule has 7 heteroatoms. The van der Waals surface area contributed by atoms with E-state index in [2.05, 4.69) is 9.71 Å². The van der Waals surface area contributed by atoms with E-state index in [9.17, 15) is 13.2 Å². The Kier molecular flexibility index (Phi) is 3.79. The highest BCUT2D eigenvalue weighted by molar-refractivity contribution is 7.92. The van der Waals surface area contributed by atoms with Gasteiger partial charge in [0.2, 0.25) is 0 Å². The molecular formula is C16H14N2O4S. The number of carboxylic acids is 1. The van der Waals surface area contributed by atoms with Crippen molar-refractivity contribution in [1.82, 2.24) is 4.98 Å². The van der Waals surface area contributed by atoms with Crippen molar-refractivity contribution in [2.75, 3.05) is 4.72 Å².